The zero-order chi connectivity index (χ0) is 22.6. The Bertz CT molecular complexity index is 1150. The summed E-state index contributed by atoms with van der Waals surface area (Å²) < 4.78 is 11.4. The molecule has 0 unspecified atom stereocenters. The molecule has 0 radical (unpaired) electrons. The van der Waals surface area contributed by atoms with Gasteiger partial charge in [0.2, 0.25) is 5.91 Å². The summed E-state index contributed by atoms with van der Waals surface area (Å²) in [6.45, 7) is 3.56. The van der Waals surface area contributed by atoms with E-state index >= 15 is 0 Å². The van der Waals surface area contributed by atoms with Gasteiger partial charge in [-0.2, -0.15) is 0 Å². The van der Waals surface area contributed by atoms with Crippen molar-refractivity contribution in [1.29, 1.82) is 0 Å². The van der Waals surface area contributed by atoms with E-state index in [1.54, 1.807) is 11.1 Å². The number of aromatic nitrogens is 2. The van der Waals surface area contributed by atoms with Crippen molar-refractivity contribution in [3.05, 3.63) is 71.7 Å². The number of rotatable bonds is 4. The van der Waals surface area contributed by atoms with Crippen LogP contribution >= 0.6 is 0 Å². The highest BCUT2D eigenvalue weighted by molar-refractivity contribution is 6.06. The molecular weight excluding hydrogens is 420 g/mol. The van der Waals surface area contributed by atoms with Crippen molar-refractivity contribution >= 4 is 22.7 Å². The summed E-state index contributed by atoms with van der Waals surface area (Å²) in [4.78, 5) is 38.9. The molecule has 33 heavy (non-hydrogen) atoms. The van der Waals surface area contributed by atoms with Gasteiger partial charge in [0.1, 0.15) is 6.10 Å². The van der Waals surface area contributed by atoms with Crippen molar-refractivity contribution in [3.63, 3.8) is 0 Å². The van der Waals surface area contributed by atoms with E-state index in [1.807, 2.05) is 53.4 Å². The lowest BCUT2D eigenvalue weighted by Gasteiger charge is -2.33. The highest BCUT2D eigenvalue weighted by atomic mass is 16.5. The topological polar surface area (TPSA) is 84.9 Å². The molecule has 2 fully saturated rings. The van der Waals surface area contributed by atoms with Crippen LogP contribution in [-0.4, -0.2) is 77.6 Å². The van der Waals surface area contributed by atoms with Crippen molar-refractivity contribution in [1.82, 2.24) is 19.8 Å². The van der Waals surface area contributed by atoms with Crippen LogP contribution in [0.1, 0.15) is 27.8 Å². The van der Waals surface area contributed by atoms with Crippen molar-refractivity contribution in [2.24, 2.45) is 0 Å². The minimum absolute atomic E-state index is 0.00686. The van der Waals surface area contributed by atoms with E-state index in [0.717, 1.165) is 16.6 Å². The Morgan fingerprint density at radius 2 is 1.76 bits per heavy atom. The molecule has 0 saturated carbocycles. The summed E-state index contributed by atoms with van der Waals surface area (Å²) in [5.41, 5.74) is 2.76. The van der Waals surface area contributed by atoms with E-state index in [-0.39, 0.29) is 18.2 Å². The van der Waals surface area contributed by atoms with E-state index in [0.29, 0.717) is 57.3 Å². The molecule has 3 aromatic rings. The Labute approximate surface area is 192 Å². The van der Waals surface area contributed by atoms with Gasteiger partial charge in [0.25, 0.3) is 5.91 Å². The third-order valence-corrected chi connectivity index (χ3v) is 6.07. The average molecular weight is 447 g/mol. The molecule has 2 aliphatic heterocycles. The highest BCUT2D eigenvalue weighted by Crippen LogP contribution is 2.27. The normalized spacial score (nSPS) is 19.0. The third-order valence-electron chi connectivity index (χ3n) is 6.07. The summed E-state index contributed by atoms with van der Waals surface area (Å²) in [5, 5.41) is 0.816. The Kier molecular flexibility index (Phi) is 6.28. The SMILES string of the molecule is O=C(Cc1ccccn1)N1CCO[C@H](c2cc(C(=O)N3CCOCC3)c3ccccc3n2)C1. The van der Waals surface area contributed by atoms with Crippen LogP contribution in [0.3, 0.4) is 0 Å². The number of hydrogen-bond acceptors (Lipinski definition) is 6. The molecule has 8 heteroatoms. The second-order valence-electron chi connectivity index (χ2n) is 8.21. The molecule has 4 heterocycles. The van der Waals surface area contributed by atoms with Gasteiger partial charge in [-0.1, -0.05) is 24.3 Å². The van der Waals surface area contributed by atoms with Gasteiger partial charge < -0.3 is 19.3 Å². The van der Waals surface area contributed by atoms with Gasteiger partial charge >= 0.3 is 0 Å². The summed E-state index contributed by atoms with van der Waals surface area (Å²) in [5.74, 6) is -0.0237. The van der Waals surface area contributed by atoms with Crippen molar-refractivity contribution in [3.8, 4) is 0 Å². The molecule has 0 spiro atoms. The number of amides is 2. The fraction of sp³-hybridized carbons (Fsp3) is 0.360. The first-order chi connectivity index (χ1) is 16.2. The van der Waals surface area contributed by atoms with Gasteiger partial charge in [0.05, 0.1) is 49.6 Å². The van der Waals surface area contributed by atoms with Crippen LogP contribution in [0.15, 0.2) is 54.7 Å². The Balaban J connectivity index is 1.40. The molecular formula is C25H26N4O4. The molecule has 5 rings (SSSR count). The summed E-state index contributed by atoms with van der Waals surface area (Å²) in [6, 6.07) is 15.0. The molecule has 2 aromatic heterocycles. The zero-order valence-electron chi connectivity index (χ0n) is 18.4. The number of fused-ring (bicyclic) bond motifs is 1. The van der Waals surface area contributed by atoms with Crippen molar-refractivity contribution in [2.75, 3.05) is 46.0 Å². The van der Waals surface area contributed by atoms with Crippen LogP contribution < -0.4 is 0 Å². The molecule has 2 amide bonds. The number of pyridine rings is 2. The maximum Gasteiger partial charge on any atom is 0.254 e. The second-order valence-corrected chi connectivity index (χ2v) is 8.21. The molecule has 170 valence electrons. The number of carbonyl (C=O) groups excluding carboxylic acids is 2. The Morgan fingerprint density at radius 1 is 0.970 bits per heavy atom. The molecule has 1 atom stereocenters. The molecule has 8 nitrogen and oxygen atoms in total. The highest BCUT2D eigenvalue weighted by Gasteiger charge is 2.29. The van der Waals surface area contributed by atoms with Crippen molar-refractivity contribution < 1.29 is 19.1 Å². The number of morpholine rings is 2. The first kappa shape index (κ1) is 21.5. The number of nitrogens with zero attached hydrogens (tertiary/aromatic N) is 4. The lowest BCUT2D eigenvalue weighted by atomic mass is 10.0. The van der Waals surface area contributed by atoms with Crippen LogP contribution in [0.25, 0.3) is 10.9 Å². The van der Waals surface area contributed by atoms with E-state index < -0.39 is 6.10 Å². The van der Waals surface area contributed by atoms with E-state index in [4.69, 9.17) is 14.5 Å². The van der Waals surface area contributed by atoms with Crippen LogP contribution in [0.4, 0.5) is 0 Å². The Morgan fingerprint density at radius 3 is 2.58 bits per heavy atom. The predicted octanol–water partition coefficient (Wildman–Crippen LogP) is 2.24. The van der Waals surface area contributed by atoms with Gasteiger partial charge in [-0.05, 0) is 24.3 Å². The molecule has 0 bridgehead atoms. The van der Waals surface area contributed by atoms with E-state index in [2.05, 4.69) is 4.98 Å². The summed E-state index contributed by atoms with van der Waals surface area (Å²) in [6.07, 6.45) is 1.54. The maximum atomic E-state index is 13.4. The number of para-hydroxylation sites is 1. The molecule has 0 aliphatic carbocycles. The summed E-state index contributed by atoms with van der Waals surface area (Å²) in [7, 11) is 0. The predicted molar refractivity (Wildman–Crippen MR) is 122 cm³/mol. The number of benzene rings is 1. The first-order valence-corrected chi connectivity index (χ1v) is 11.2. The minimum Gasteiger partial charge on any atom is -0.378 e. The van der Waals surface area contributed by atoms with Gasteiger partial charge in [-0.3, -0.25) is 14.6 Å². The zero-order valence-corrected chi connectivity index (χ0v) is 18.4. The Hall–Kier alpha value is -3.36. The number of hydrogen-bond donors (Lipinski definition) is 0. The minimum atomic E-state index is -0.396. The lowest BCUT2D eigenvalue weighted by Crippen LogP contribution is -2.43. The fourth-order valence-electron chi connectivity index (χ4n) is 4.30. The van der Waals surface area contributed by atoms with Crippen LogP contribution in [0.2, 0.25) is 0 Å². The second kappa shape index (κ2) is 9.64. The lowest BCUT2D eigenvalue weighted by molar-refractivity contribution is -0.138. The standard InChI is InChI=1S/C25H26N4O4/c30-24(15-18-5-3-4-8-26-18)29-11-14-33-23(17-29)22-16-20(19-6-1-2-7-21(19)27-22)25(31)28-9-12-32-13-10-28/h1-8,16,23H,9-15,17H2/t23-/m0/s1. The van der Waals surface area contributed by atoms with Gasteiger partial charge in [0.15, 0.2) is 0 Å². The molecule has 2 saturated heterocycles. The maximum absolute atomic E-state index is 13.4. The van der Waals surface area contributed by atoms with Gasteiger partial charge in [0, 0.05) is 36.9 Å². The van der Waals surface area contributed by atoms with Gasteiger partial charge in [-0.15, -0.1) is 0 Å². The van der Waals surface area contributed by atoms with Crippen LogP contribution in [-0.2, 0) is 20.7 Å². The number of carbonyl (C=O) groups is 2. The number of ether oxygens (including phenoxy) is 2. The largest absolute Gasteiger partial charge is 0.378 e. The third kappa shape index (κ3) is 4.72. The van der Waals surface area contributed by atoms with E-state index in [1.165, 1.54) is 0 Å². The fourth-order valence-corrected chi connectivity index (χ4v) is 4.30. The smallest absolute Gasteiger partial charge is 0.254 e. The molecule has 2 aliphatic rings. The quantitative estimate of drug-likeness (QED) is 0.611. The van der Waals surface area contributed by atoms with Crippen molar-refractivity contribution in [2.45, 2.75) is 12.5 Å². The van der Waals surface area contributed by atoms with Gasteiger partial charge in [-0.25, -0.2) is 4.98 Å². The monoisotopic (exact) mass is 446 g/mol. The first-order valence-electron chi connectivity index (χ1n) is 11.2. The average Bonchev–Trinajstić information content (AvgIpc) is 2.89. The molecule has 1 aromatic carbocycles. The molecule has 0 N–H and O–H groups in total. The van der Waals surface area contributed by atoms with Crippen LogP contribution in [0.5, 0.6) is 0 Å². The van der Waals surface area contributed by atoms with E-state index in [9.17, 15) is 9.59 Å². The summed E-state index contributed by atoms with van der Waals surface area (Å²) >= 11 is 0. The van der Waals surface area contributed by atoms with Crippen LogP contribution in [0, 0.1) is 0 Å².